The molecule has 2 aromatic rings. The van der Waals surface area contributed by atoms with Crippen molar-refractivity contribution < 1.29 is 4.74 Å². The fraction of sp³-hybridized carbons (Fsp3) is 0.182. The van der Waals surface area contributed by atoms with Gasteiger partial charge in [-0.05, 0) is 39.5 Å². The number of rotatable bonds is 4. The number of nitrogens with zero attached hydrogens (tertiary/aromatic N) is 1. The third kappa shape index (κ3) is 2.54. The Morgan fingerprint density at radius 1 is 1.50 bits per heavy atom. The first kappa shape index (κ1) is 11.4. The van der Waals surface area contributed by atoms with Gasteiger partial charge in [0.15, 0.2) is 0 Å². The predicted octanol–water partition coefficient (Wildman–Crippen LogP) is 3.53. The SMILES string of the molecule is COc1ncccc1NCc1sccc1Br. The Labute approximate surface area is 107 Å². The highest BCUT2D eigenvalue weighted by atomic mass is 79.9. The lowest BCUT2D eigenvalue weighted by atomic mass is 10.4. The minimum atomic E-state index is 0.621. The molecule has 0 amide bonds. The largest absolute Gasteiger partial charge is 0.480 e. The molecule has 2 aromatic heterocycles. The van der Waals surface area contributed by atoms with Gasteiger partial charge in [-0.15, -0.1) is 11.3 Å². The van der Waals surface area contributed by atoms with Gasteiger partial charge in [-0.1, -0.05) is 0 Å². The summed E-state index contributed by atoms with van der Waals surface area (Å²) in [6, 6.07) is 5.88. The predicted molar refractivity (Wildman–Crippen MR) is 70.1 cm³/mol. The van der Waals surface area contributed by atoms with Crippen molar-refractivity contribution in [1.29, 1.82) is 0 Å². The molecule has 0 aliphatic carbocycles. The lowest BCUT2D eigenvalue weighted by molar-refractivity contribution is 0.399. The molecule has 0 fully saturated rings. The zero-order chi connectivity index (χ0) is 11.4. The first-order valence-corrected chi connectivity index (χ1v) is 6.43. The number of aromatic nitrogens is 1. The number of nitrogens with one attached hydrogen (secondary N) is 1. The molecule has 0 atom stereocenters. The Morgan fingerprint density at radius 3 is 3.06 bits per heavy atom. The van der Waals surface area contributed by atoms with Gasteiger partial charge in [-0.25, -0.2) is 4.98 Å². The van der Waals surface area contributed by atoms with Gasteiger partial charge in [0.05, 0.1) is 19.3 Å². The van der Waals surface area contributed by atoms with Crippen molar-refractivity contribution >= 4 is 33.0 Å². The number of anilines is 1. The van der Waals surface area contributed by atoms with Gasteiger partial charge in [-0.3, -0.25) is 0 Å². The molecule has 0 spiro atoms. The van der Waals surface area contributed by atoms with E-state index in [1.165, 1.54) is 4.88 Å². The second-order valence-corrected chi connectivity index (χ2v) is 4.96. The van der Waals surface area contributed by atoms with E-state index in [0.29, 0.717) is 5.88 Å². The number of methoxy groups -OCH3 is 1. The average Bonchev–Trinajstić information content (AvgIpc) is 2.72. The summed E-state index contributed by atoms with van der Waals surface area (Å²) in [6.07, 6.45) is 1.71. The minimum Gasteiger partial charge on any atom is -0.480 e. The topological polar surface area (TPSA) is 34.1 Å². The summed E-state index contributed by atoms with van der Waals surface area (Å²) in [6.45, 7) is 0.764. The summed E-state index contributed by atoms with van der Waals surface area (Å²) in [5.41, 5.74) is 0.908. The Kier molecular flexibility index (Phi) is 3.79. The van der Waals surface area contributed by atoms with Crippen molar-refractivity contribution in [1.82, 2.24) is 4.98 Å². The van der Waals surface area contributed by atoms with Crippen LogP contribution in [0.15, 0.2) is 34.2 Å². The van der Waals surface area contributed by atoms with E-state index in [1.54, 1.807) is 24.6 Å². The number of thiophene rings is 1. The molecule has 0 aliphatic heterocycles. The zero-order valence-corrected chi connectivity index (χ0v) is 11.1. The van der Waals surface area contributed by atoms with Crippen LogP contribution in [0, 0.1) is 0 Å². The van der Waals surface area contributed by atoms with Gasteiger partial charge in [0.25, 0.3) is 0 Å². The molecule has 0 unspecified atom stereocenters. The first-order valence-electron chi connectivity index (χ1n) is 4.76. The third-order valence-electron chi connectivity index (χ3n) is 2.09. The number of hydrogen-bond donors (Lipinski definition) is 1. The van der Waals surface area contributed by atoms with Crippen molar-refractivity contribution in [2.45, 2.75) is 6.54 Å². The van der Waals surface area contributed by atoms with Crippen molar-refractivity contribution in [3.05, 3.63) is 39.1 Å². The highest BCUT2D eigenvalue weighted by molar-refractivity contribution is 9.10. The molecule has 0 aromatic carbocycles. The zero-order valence-electron chi connectivity index (χ0n) is 8.74. The maximum atomic E-state index is 5.16. The van der Waals surface area contributed by atoms with Gasteiger partial charge in [0.2, 0.25) is 5.88 Å². The highest BCUT2D eigenvalue weighted by Gasteiger charge is 2.04. The van der Waals surface area contributed by atoms with Crippen LogP contribution in [0.3, 0.4) is 0 Å². The molecule has 0 radical (unpaired) electrons. The van der Waals surface area contributed by atoms with Crippen LogP contribution in [0.2, 0.25) is 0 Å². The van der Waals surface area contributed by atoms with Crippen LogP contribution in [0.1, 0.15) is 4.88 Å². The first-order chi connectivity index (χ1) is 7.81. The molecule has 0 bridgehead atoms. The Balaban J connectivity index is 2.07. The van der Waals surface area contributed by atoms with Crippen LogP contribution in [0.5, 0.6) is 5.88 Å². The molecular weight excluding hydrogens is 288 g/mol. The van der Waals surface area contributed by atoms with Crippen LogP contribution in [-0.4, -0.2) is 12.1 Å². The van der Waals surface area contributed by atoms with E-state index in [2.05, 4.69) is 31.6 Å². The van der Waals surface area contributed by atoms with Gasteiger partial charge in [0, 0.05) is 15.5 Å². The molecule has 5 heteroatoms. The Hall–Kier alpha value is -1.07. The van der Waals surface area contributed by atoms with Crippen LogP contribution >= 0.6 is 27.3 Å². The number of halogens is 1. The van der Waals surface area contributed by atoms with Gasteiger partial charge >= 0.3 is 0 Å². The van der Waals surface area contributed by atoms with Crippen molar-refractivity contribution in [2.75, 3.05) is 12.4 Å². The lowest BCUT2D eigenvalue weighted by Gasteiger charge is -2.08. The smallest absolute Gasteiger partial charge is 0.237 e. The van der Waals surface area contributed by atoms with Crippen LogP contribution in [0.25, 0.3) is 0 Å². The Bertz CT molecular complexity index is 473. The van der Waals surface area contributed by atoms with E-state index < -0.39 is 0 Å². The van der Waals surface area contributed by atoms with E-state index >= 15 is 0 Å². The van der Waals surface area contributed by atoms with Gasteiger partial charge < -0.3 is 10.1 Å². The molecule has 0 saturated heterocycles. The van der Waals surface area contributed by atoms with E-state index in [0.717, 1.165) is 16.7 Å². The summed E-state index contributed by atoms with van der Waals surface area (Å²) in [7, 11) is 1.62. The van der Waals surface area contributed by atoms with E-state index in [1.807, 2.05) is 18.2 Å². The molecule has 3 nitrogen and oxygen atoms in total. The van der Waals surface area contributed by atoms with Crippen LogP contribution < -0.4 is 10.1 Å². The maximum Gasteiger partial charge on any atom is 0.237 e. The summed E-state index contributed by atoms with van der Waals surface area (Å²) in [4.78, 5) is 5.38. The maximum absolute atomic E-state index is 5.16. The summed E-state index contributed by atoms with van der Waals surface area (Å²) in [5.74, 6) is 0.621. The van der Waals surface area contributed by atoms with Gasteiger partial charge in [0.1, 0.15) is 0 Å². The van der Waals surface area contributed by atoms with E-state index in [4.69, 9.17) is 4.74 Å². The molecule has 16 heavy (non-hydrogen) atoms. The van der Waals surface area contributed by atoms with Gasteiger partial charge in [-0.2, -0.15) is 0 Å². The van der Waals surface area contributed by atoms with E-state index in [-0.39, 0.29) is 0 Å². The second-order valence-electron chi connectivity index (χ2n) is 3.11. The average molecular weight is 299 g/mol. The monoisotopic (exact) mass is 298 g/mol. The Morgan fingerprint density at radius 2 is 2.38 bits per heavy atom. The highest BCUT2D eigenvalue weighted by Crippen LogP contribution is 2.25. The third-order valence-corrected chi connectivity index (χ3v) is 4.02. The summed E-state index contributed by atoms with van der Waals surface area (Å²) >= 11 is 5.21. The minimum absolute atomic E-state index is 0.621. The molecule has 0 saturated carbocycles. The molecule has 2 rings (SSSR count). The lowest BCUT2D eigenvalue weighted by Crippen LogP contribution is -2.01. The second kappa shape index (κ2) is 5.32. The number of hydrogen-bond acceptors (Lipinski definition) is 4. The summed E-state index contributed by atoms with van der Waals surface area (Å²) in [5, 5.41) is 5.36. The van der Waals surface area contributed by atoms with Crippen molar-refractivity contribution in [3.63, 3.8) is 0 Å². The molecule has 84 valence electrons. The fourth-order valence-corrected chi connectivity index (χ4v) is 2.75. The quantitative estimate of drug-likeness (QED) is 0.938. The number of pyridine rings is 1. The normalized spacial score (nSPS) is 10.1. The fourth-order valence-electron chi connectivity index (χ4n) is 1.31. The van der Waals surface area contributed by atoms with Crippen LogP contribution in [-0.2, 0) is 6.54 Å². The molecular formula is C11H11BrN2OS. The van der Waals surface area contributed by atoms with Crippen molar-refractivity contribution in [2.24, 2.45) is 0 Å². The molecule has 0 aliphatic rings. The van der Waals surface area contributed by atoms with Crippen molar-refractivity contribution in [3.8, 4) is 5.88 Å². The summed E-state index contributed by atoms with van der Waals surface area (Å²) < 4.78 is 6.30. The molecule has 2 heterocycles. The van der Waals surface area contributed by atoms with E-state index in [9.17, 15) is 0 Å². The molecule has 1 N–H and O–H groups in total. The van der Waals surface area contributed by atoms with Crippen LogP contribution in [0.4, 0.5) is 5.69 Å². The number of ether oxygens (including phenoxy) is 1. The standard InChI is InChI=1S/C11H11BrN2OS/c1-15-11-9(3-2-5-13-11)14-7-10-8(12)4-6-16-10/h2-6,14H,7H2,1H3.